The first-order valence-corrected chi connectivity index (χ1v) is 3.90. The molecule has 1 N–H and O–H groups in total. The second-order valence-electron chi connectivity index (χ2n) is 1.69. The first kappa shape index (κ1) is 8.23. The van der Waals surface area contributed by atoms with Crippen molar-refractivity contribution in [3.63, 3.8) is 0 Å². The highest BCUT2D eigenvalue weighted by atomic mass is 35.5. The van der Waals surface area contributed by atoms with Gasteiger partial charge in [-0.1, -0.05) is 11.6 Å². The molecule has 0 aliphatic heterocycles. The van der Waals surface area contributed by atoms with E-state index in [2.05, 4.69) is 4.98 Å². The SMILES string of the molecule is O=C(O)C=Cc1cnc(Cl)s1. The summed E-state index contributed by atoms with van der Waals surface area (Å²) in [5.74, 6) is -0.977. The van der Waals surface area contributed by atoms with E-state index in [1.807, 2.05) is 0 Å². The number of carbonyl (C=O) groups is 1. The van der Waals surface area contributed by atoms with Gasteiger partial charge < -0.3 is 5.11 Å². The Hall–Kier alpha value is -0.870. The van der Waals surface area contributed by atoms with Crippen molar-refractivity contribution in [3.05, 3.63) is 21.6 Å². The van der Waals surface area contributed by atoms with Crippen molar-refractivity contribution in [3.8, 4) is 0 Å². The molecule has 3 nitrogen and oxygen atoms in total. The van der Waals surface area contributed by atoms with Gasteiger partial charge >= 0.3 is 5.97 Å². The molecule has 1 rings (SSSR count). The Morgan fingerprint density at radius 1 is 1.82 bits per heavy atom. The minimum atomic E-state index is -0.977. The van der Waals surface area contributed by atoms with Crippen LogP contribution in [-0.4, -0.2) is 16.1 Å². The number of rotatable bonds is 2. The molecule has 0 aliphatic rings. The minimum absolute atomic E-state index is 0.412. The number of hydrogen-bond donors (Lipinski definition) is 1. The number of carboxylic acids is 1. The molecule has 0 amide bonds. The third kappa shape index (κ3) is 2.69. The number of aliphatic carboxylic acids is 1. The zero-order valence-corrected chi connectivity index (χ0v) is 6.89. The average Bonchev–Trinajstić information content (AvgIpc) is 2.31. The summed E-state index contributed by atoms with van der Waals surface area (Å²) >= 11 is 6.74. The van der Waals surface area contributed by atoms with Crippen LogP contribution in [0.25, 0.3) is 6.08 Å². The Morgan fingerprint density at radius 3 is 3.00 bits per heavy atom. The molecule has 0 bridgehead atoms. The van der Waals surface area contributed by atoms with E-state index >= 15 is 0 Å². The third-order valence-electron chi connectivity index (χ3n) is 0.886. The molecular weight excluding hydrogens is 186 g/mol. The van der Waals surface area contributed by atoms with Crippen LogP contribution in [0.2, 0.25) is 4.47 Å². The average molecular weight is 190 g/mol. The zero-order valence-electron chi connectivity index (χ0n) is 5.32. The number of nitrogens with zero attached hydrogens (tertiary/aromatic N) is 1. The van der Waals surface area contributed by atoms with E-state index in [1.165, 1.54) is 23.6 Å². The summed E-state index contributed by atoms with van der Waals surface area (Å²) in [4.78, 5) is 14.5. The molecule has 1 aromatic heterocycles. The van der Waals surface area contributed by atoms with Gasteiger partial charge in [0.1, 0.15) is 0 Å². The normalized spacial score (nSPS) is 10.6. The molecule has 0 saturated heterocycles. The summed E-state index contributed by atoms with van der Waals surface area (Å²) in [6, 6.07) is 0. The Kier molecular flexibility index (Phi) is 2.62. The van der Waals surface area contributed by atoms with Crippen LogP contribution < -0.4 is 0 Å². The van der Waals surface area contributed by atoms with Crippen molar-refractivity contribution in [2.75, 3.05) is 0 Å². The predicted octanol–water partition coefficient (Wildman–Crippen LogP) is 1.89. The molecule has 0 radical (unpaired) electrons. The molecule has 0 spiro atoms. The predicted molar refractivity (Wildman–Crippen MR) is 43.8 cm³/mol. The molecule has 1 aromatic rings. The van der Waals surface area contributed by atoms with Crippen molar-refractivity contribution in [2.45, 2.75) is 0 Å². The molecule has 0 atom stereocenters. The van der Waals surface area contributed by atoms with Gasteiger partial charge in [-0.05, 0) is 6.08 Å². The summed E-state index contributed by atoms with van der Waals surface area (Å²) in [7, 11) is 0. The van der Waals surface area contributed by atoms with Crippen molar-refractivity contribution < 1.29 is 9.90 Å². The molecule has 58 valence electrons. The summed E-state index contributed by atoms with van der Waals surface area (Å²) in [6.07, 6.45) is 4.02. The summed E-state index contributed by atoms with van der Waals surface area (Å²) in [6.45, 7) is 0. The number of carboxylic acid groups (broad SMARTS) is 1. The van der Waals surface area contributed by atoms with E-state index in [0.29, 0.717) is 4.47 Å². The van der Waals surface area contributed by atoms with E-state index in [4.69, 9.17) is 16.7 Å². The minimum Gasteiger partial charge on any atom is -0.478 e. The number of thiazole rings is 1. The van der Waals surface area contributed by atoms with Crippen LogP contribution in [0.5, 0.6) is 0 Å². The van der Waals surface area contributed by atoms with Gasteiger partial charge in [-0.2, -0.15) is 0 Å². The topological polar surface area (TPSA) is 50.2 Å². The summed E-state index contributed by atoms with van der Waals surface area (Å²) in [5, 5.41) is 8.25. The first-order valence-electron chi connectivity index (χ1n) is 2.71. The molecule has 0 fully saturated rings. The molecule has 0 saturated carbocycles. The number of halogens is 1. The maximum Gasteiger partial charge on any atom is 0.328 e. The smallest absolute Gasteiger partial charge is 0.328 e. The van der Waals surface area contributed by atoms with Gasteiger partial charge in [0.15, 0.2) is 4.47 Å². The monoisotopic (exact) mass is 189 g/mol. The fraction of sp³-hybridized carbons (Fsp3) is 0. The fourth-order valence-electron chi connectivity index (χ4n) is 0.495. The van der Waals surface area contributed by atoms with Crippen LogP contribution in [-0.2, 0) is 4.79 Å². The Bertz CT molecular complexity index is 295. The second-order valence-corrected chi connectivity index (χ2v) is 3.33. The van der Waals surface area contributed by atoms with Crippen LogP contribution in [0.1, 0.15) is 4.88 Å². The van der Waals surface area contributed by atoms with Crippen LogP contribution >= 0.6 is 22.9 Å². The van der Waals surface area contributed by atoms with Crippen molar-refractivity contribution >= 4 is 35.0 Å². The summed E-state index contributed by atoms with van der Waals surface area (Å²) in [5.41, 5.74) is 0. The van der Waals surface area contributed by atoms with Gasteiger partial charge in [0.2, 0.25) is 0 Å². The highest BCUT2D eigenvalue weighted by molar-refractivity contribution is 7.16. The van der Waals surface area contributed by atoms with Crippen molar-refractivity contribution in [1.29, 1.82) is 0 Å². The maximum absolute atomic E-state index is 10.0. The highest BCUT2D eigenvalue weighted by Gasteiger charge is 1.94. The van der Waals surface area contributed by atoms with Gasteiger partial charge in [-0.3, -0.25) is 0 Å². The first-order chi connectivity index (χ1) is 5.18. The van der Waals surface area contributed by atoms with Gasteiger partial charge in [-0.15, -0.1) is 11.3 Å². The van der Waals surface area contributed by atoms with E-state index in [1.54, 1.807) is 0 Å². The lowest BCUT2D eigenvalue weighted by atomic mass is 10.4. The fourth-order valence-corrected chi connectivity index (χ4v) is 1.35. The molecule has 11 heavy (non-hydrogen) atoms. The van der Waals surface area contributed by atoms with E-state index in [0.717, 1.165) is 11.0 Å². The Labute approximate surface area is 72.0 Å². The van der Waals surface area contributed by atoms with E-state index in [-0.39, 0.29) is 0 Å². The van der Waals surface area contributed by atoms with Crippen LogP contribution in [0.3, 0.4) is 0 Å². The van der Waals surface area contributed by atoms with E-state index < -0.39 is 5.97 Å². The molecule has 0 aliphatic carbocycles. The quantitative estimate of drug-likeness (QED) is 0.723. The van der Waals surface area contributed by atoms with Crippen LogP contribution in [0, 0.1) is 0 Å². The van der Waals surface area contributed by atoms with Gasteiger partial charge in [0, 0.05) is 17.2 Å². The standard InChI is InChI=1S/C6H4ClNO2S/c7-6-8-3-4(11-6)1-2-5(9)10/h1-3H,(H,9,10). The molecule has 1 heterocycles. The summed E-state index contributed by atoms with van der Waals surface area (Å²) < 4.78 is 0.412. The Morgan fingerprint density at radius 2 is 2.55 bits per heavy atom. The third-order valence-corrected chi connectivity index (χ3v) is 1.97. The number of hydrogen-bond acceptors (Lipinski definition) is 3. The molecular formula is C6H4ClNO2S. The van der Waals surface area contributed by atoms with E-state index in [9.17, 15) is 4.79 Å². The lowest BCUT2D eigenvalue weighted by Crippen LogP contribution is -1.84. The molecule has 0 aromatic carbocycles. The second kappa shape index (κ2) is 3.50. The van der Waals surface area contributed by atoms with Gasteiger partial charge in [0.25, 0.3) is 0 Å². The number of aromatic nitrogens is 1. The van der Waals surface area contributed by atoms with Crippen LogP contribution in [0.4, 0.5) is 0 Å². The lowest BCUT2D eigenvalue weighted by Gasteiger charge is -1.77. The zero-order chi connectivity index (χ0) is 8.27. The lowest BCUT2D eigenvalue weighted by molar-refractivity contribution is -0.131. The Balaban J connectivity index is 2.71. The largest absolute Gasteiger partial charge is 0.478 e. The molecule has 5 heteroatoms. The van der Waals surface area contributed by atoms with Gasteiger partial charge in [-0.25, -0.2) is 9.78 Å². The van der Waals surface area contributed by atoms with Crippen molar-refractivity contribution in [2.24, 2.45) is 0 Å². The maximum atomic E-state index is 10.0. The van der Waals surface area contributed by atoms with Crippen LogP contribution in [0.15, 0.2) is 12.3 Å². The highest BCUT2D eigenvalue weighted by Crippen LogP contribution is 2.18. The molecule has 0 unspecified atom stereocenters. The van der Waals surface area contributed by atoms with Gasteiger partial charge in [0.05, 0.1) is 0 Å². The van der Waals surface area contributed by atoms with Crippen molar-refractivity contribution in [1.82, 2.24) is 4.98 Å².